The van der Waals surface area contributed by atoms with E-state index in [1.807, 2.05) is 13.0 Å². The van der Waals surface area contributed by atoms with Crippen LogP contribution in [-0.4, -0.2) is 29.6 Å². The summed E-state index contributed by atoms with van der Waals surface area (Å²) in [7, 11) is 1.34. The minimum absolute atomic E-state index is 0.0672. The number of hydrogen-bond donors (Lipinski definition) is 2. The zero-order valence-electron chi connectivity index (χ0n) is 14.9. The Bertz CT molecular complexity index is 732. The summed E-state index contributed by atoms with van der Waals surface area (Å²) >= 11 is 6.02. The molecule has 25 heavy (non-hydrogen) atoms. The number of methoxy groups -OCH3 is 1. The van der Waals surface area contributed by atoms with E-state index in [4.69, 9.17) is 11.6 Å². The molecule has 1 rings (SSSR count). The van der Waals surface area contributed by atoms with Crippen molar-refractivity contribution in [1.82, 2.24) is 0 Å². The molecule has 0 aromatic heterocycles. The zero-order valence-corrected chi connectivity index (χ0v) is 15.6. The van der Waals surface area contributed by atoms with Crippen LogP contribution in [0.2, 0.25) is 5.02 Å². The topological polar surface area (TPSA) is 83.8 Å². The number of phenols is 2. The molecule has 0 amide bonds. The highest BCUT2D eigenvalue weighted by molar-refractivity contribution is 6.33. The number of allylic oxidation sites excluding steroid dienone is 3. The highest BCUT2D eigenvalue weighted by Crippen LogP contribution is 2.40. The van der Waals surface area contributed by atoms with Gasteiger partial charge in [-0.25, -0.2) is 4.79 Å². The monoisotopic (exact) mass is 366 g/mol. The van der Waals surface area contributed by atoms with E-state index >= 15 is 0 Å². The summed E-state index contributed by atoms with van der Waals surface area (Å²) in [6.45, 7) is 5.16. The molecule has 0 spiro atoms. The van der Waals surface area contributed by atoms with Crippen molar-refractivity contribution in [2.75, 3.05) is 7.11 Å². The lowest BCUT2D eigenvalue weighted by Crippen LogP contribution is -2.01. The van der Waals surface area contributed by atoms with Crippen molar-refractivity contribution in [3.8, 4) is 11.5 Å². The molecular formula is C19H23ClO5. The number of carbonyl (C=O) groups excluding carboxylic acids is 2. The molecule has 0 saturated carbocycles. The van der Waals surface area contributed by atoms with Crippen LogP contribution in [0.25, 0.3) is 0 Å². The Morgan fingerprint density at radius 3 is 2.40 bits per heavy atom. The van der Waals surface area contributed by atoms with Crippen LogP contribution in [0, 0.1) is 6.92 Å². The number of hydrogen-bond acceptors (Lipinski definition) is 5. The average molecular weight is 367 g/mol. The number of aromatic hydroxyl groups is 2. The molecule has 5 nitrogen and oxygen atoms in total. The summed E-state index contributed by atoms with van der Waals surface area (Å²) in [6.07, 6.45) is 5.77. The van der Waals surface area contributed by atoms with Gasteiger partial charge in [0.1, 0.15) is 11.5 Å². The number of benzene rings is 1. The van der Waals surface area contributed by atoms with Gasteiger partial charge in [0.25, 0.3) is 0 Å². The third-order valence-electron chi connectivity index (χ3n) is 4.04. The SMILES string of the molecule is COC(=O)C(C)=CCCC(C)=CCc1c(O)c(Cl)c(C)c(C=O)c1O. The van der Waals surface area contributed by atoms with Gasteiger partial charge in [-0.3, -0.25) is 4.79 Å². The zero-order chi connectivity index (χ0) is 19.1. The molecule has 0 fully saturated rings. The molecule has 0 aliphatic heterocycles. The average Bonchev–Trinajstić information content (AvgIpc) is 2.59. The molecule has 0 bridgehead atoms. The molecule has 0 atom stereocenters. The van der Waals surface area contributed by atoms with Gasteiger partial charge in [0, 0.05) is 11.1 Å². The standard InChI is InChI=1S/C19H23ClO5/c1-11(6-5-7-12(2)19(24)25-4)8-9-14-17(22)15(10-21)13(3)16(20)18(14)23/h7-8,10,22-23H,5-6,9H2,1-4H3. The predicted molar refractivity (Wildman–Crippen MR) is 97.4 cm³/mol. The molecule has 0 heterocycles. The van der Waals surface area contributed by atoms with Gasteiger partial charge in [0.05, 0.1) is 17.7 Å². The number of rotatable bonds is 7. The summed E-state index contributed by atoms with van der Waals surface area (Å²) in [4.78, 5) is 22.4. The maximum absolute atomic E-state index is 11.3. The van der Waals surface area contributed by atoms with Gasteiger partial charge >= 0.3 is 5.97 Å². The largest absolute Gasteiger partial charge is 0.507 e. The van der Waals surface area contributed by atoms with Crippen molar-refractivity contribution in [1.29, 1.82) is 0 Å². The van der Waals surface area contributed by atoms with Gasteiger partial charge < -0.3 is 14.9 Å². The lowest BCUT2D eigenvalue weighted by Gasteiger charge is -2.13. The number of phenolic OH excluding ortho intramolecular Hbond substituents is 2. The van der Waals surface area contributed by atoms with E-state index in [0.717, 1.165) is 5.57 Å². The Balaban J connectivity index is 2.90. The highest BCUT2D eigenvalue weighted by Gasteiger charge is 2.19. The maximum atomic E-state index is 11.3. The predicted octanol–water partition coefficient (Wildman–Crippen LogP) is 4.26. The minimum atomic E-state index is -0.354. The second kappa shape index (κ2) is 9.28. The van der Waals surface area contributed by atoms with Crippen LogP contribution >= 0.6 is 11.6 Å². The Hall–Kier alpha value is -2.27. The normalized spacial score (nSPS) is 12.2. The molecule has 0 saturated heterocycles. The van der Waals surface area contributed by atoms with Crippen LogP contribution in [0.1, 0.15) is 48.2 Å². The third-order valence-corrected chi connectivity index (χ3v) is 4.50. The fourth-order valence-corrected chi connectivity index (χ4v) is 2.57. The summed E-state index contributed by atoms with van der Waals surface area (Å²) in [5, 5.41) is 20.4. The van der Waals surface area contributed by atoms with Crippen LogP contribution < -0.4 is 0 Å². The van der Waals surface area contributed by atoms with Crippen molar-refractivity contribution < 1.29 is 24.5 Å². The van der Waals surface area contributed by atoms with Gasteiger partial charge in [0.2, 0.25) is 0 Å². The van der Waals surface area contributed by atoms with Gasteiger partial charge in [-0.05, 0) is 45.6 Å². The Morgan fingerprint density at radius 2 is 1.84 bits per heavy atom. The molecular weight excluding hydrogens is 344 g/mol. The highest BCUT2D eigenvalue weighted by atomic mass is 35.5. The molecule has 0 unspecified atom stereocenters. The van der Waals surface area contributed by atoms with Crippen molar-refractivity contribution >= 4 is 23.9 Å². The summed E-state index contributed by atoms with van der Waals surface area (Å²) in [5.41, 5.74) is 2.21. The molecule has 136 valence electrons. The summed E-state index contributed by atoms with van der Waals surface area (Å²) < 4.78 is 4.63. The van der Waals surface area contributed by atoms with E-state index in [0.29, 0.717) is 30.3 Å². The fraction of sp³-hybridized carbons (Fsp3) is 0.368. The van der Waals surface area contributed by atoms with E-state index in [2.05, 4.69) is 4.74 Å². The number of ether oxygens (including phenoxy) is 1. The Morgan fingerprint density at radius 1 is 1.20 bits per heavy atom. The molecule has 1 aromatic carbocycles. The molecule has 0 aliphatic rings. The van der Waals surface area contributed by atoms with E-state index in [1.54, 1.807) is 19.9 Å². The lowest BCUT2D eigenvalue weighted by atomic mass is 9.99. The van der Waals surface area contributed by atoms with Crippen molar-refractivity contribution in [3.05, 3.63) is 45.0 Å². The van der Waals surface area contributed by atoms with Gasteiger partial charge in [-0.15, -0.1) is 0 Å². The molecule has 2 N–H and O–H groups in total. The number of halogens is 1. The maximum Gasteiger partial charge on any atom is 0.333 e. The lowest BCUT2D eigenvalue weighted by molar-refractivity contribution is -0.136. The van der Waals surface area contributed by atoms with Gasteiger partial charge in [0.15, 0.2) is 6.29 Å². The second-order valence-electron chi connectivity index (χ2n) is 5.82. The molecule has 0 aliphatic carbocycles. The Kier molecular flexibility index (Phi) is 7.71. The molecule has 0 radical (unpaired) electrons. The van der Waals surface area contributed by atoms with Crippen molar-refractivity contribution in [2.45, 2.75) is 40.0 Å². The van der Waals surface area contributed by atoms with E-state index in [1.165, 1.54) is 7.11 Å². The summed E-state index contributed by atoms with van der Waals surface area (Å²) in [6, 6.07) is 0. The molecule has 6 heteroatoms. The first kappa shape index (κ1) is 20.8. The van der Waals surface area contributed by atoms with Crippen LogP contribution in [0.15, 0.2) is 23.3 Å². The quantitative estimate of drug-likeness (QED) is 0.326. The van der Waals surface area contributed by atoms with E-state index in [-0.39, 0.29) is 40.0 Å². The summed E-state index contributed by atoms with van der Waals surface area (Å²) in [5.74, 6) is -0.820. The number of esters is 1. The number of carbonyl (C=O) groups is 2. The van der Waals surface area contributed by atoms with Crippen molar-refractivity contribution in [3.63, 3.8) is 0 Å². The van der Waals surface area contributed by atoms with Gasteiger partial charge in [-0.1, -0.05) is 29.3 Å². The Labute approximate surface area is 152 Å². The number of aldehydes is 1. The third kappa shape index (κ3) is 5.10. The van der Waals surface area contributed by atoms with Crippen LogP contribution in [0.5, 0.6) is 11.5 Å². The van der Waals surface area contributed by atoms with Crippen LogP contribution in [-0.2, 0) is 16.0 Å². The van der Waals surface area contributed by atoms with E-state index < -0.39 is 0 Å². The first-order valence-electron chi connectivity index (χ1n) is 7.83. The first-order valence-corrected chi connectivity index (χ1v) is 8.21. The smallest absolute Gasteiger partial charge is 0.333 e. The van der Waals surface area contributed by atoms with Crippen LogP contribution in [0.4, 0.5) is 0 Å². The minimum Gasteiger partial charge on any atom is -0.507 e. The molecule has 1 aromatic rings. The first-order chi connectivity index (χ1) is 11.7. The fourth-order valence-electron chi connectivity index (χ4n) is 2.36. The van der Waals surface area contributed by atoms with Crippen molar-refractivity contribution in [2.24, 2.45) is 0 Å². The van der Waals surface area contributed by atoms with Crippen LogP contribution in [0.3, 0.4) is 0 Å². The van der Waals surface area contributed by atoms with Gasteiger partial charge in [-0.2, -0.15) is 0 Å². The van der Waals surface area contributed by atoms with E-state index in [9.17, 15) is 19.8 Å². The second-order valence-corrected chi connectivity index (χ2v) is 6.20.